The Labute approximate surface area is 207 Å². The molecule has 3 aromatic rings. The summed E-state index contributed by atoms with van der Waals surface area (Å²) in [6.07, 6.45) is -3.20. The molecule has 1 heterocycles. The van der Waals surface area contributed by atoms with Crippen LogP contribution < -0.4 is 10.0 Å². The molecule has 0 spiro atoms. The highest BCUT2D eigenvalue weighted by atomic mass is 35.5. The van der Waals surface area contributed by atoms with Crippen molar-refractivity contribution in [2.24, 2.45) is 0 Å². The van der Waals surface area contributed by atoms with Crippen molar-refractivity contribution in [1.29, 1.82) is 0 Å². The summed E-state index contributed by atoms with van der Waals surface area (Å²) in [6.45, 7) is 1.57. The first-order valence-corrected chi connectivity index (χ1v) is 12.4. The van der Waals surface area contributed by atoms with Gasteiger partial charge in [0.1, 0.15) is 11.5 Å². The zero-order chi connectivity index (χ0) is 25.8. The van der Waals surface area contributed by atoms with Gasteiger partial charge in [0.15, 0.2) is 0 Å². The Morgan fingerprint density at radius 1 is 1.09 bits per heavy atom. The topological polar surface area (TPSA) is 71.1 Å². The fraction of sp³-hybridized carbons (Fsp3) is 0.250. The fourth-order valence-corrected chi connectivity index (χ4v) is 3.87. The standard InChI is InChI=1S/C24H22ClF4N3O2S/c1-14(15-6-7-17(20(26)11-15)13-31-35(2)34)23(33)30-12-18-8-9-21(24(27,28)29)32-22(18)16-4-3-5-19(25)10-16/h3-11,14,31H,12-13H2,1-2H3,(H,30,33). The summed E-state index contributed by atoms with van der Waals surface area (Å²) in [6, 6.07) is 12.7. The lowest BCUT2D eigenvalue weighted by atomic mass is 9.98. The van der Waals surface area contributed by atoms with Crippen LogP contribution in [-0.4, -0.2) is 21.4 Å². The minimum absolute atomic E-state index is 0.0477. The second-order valence-electron chi connectivity index (χ2n) is 7.78. The van der Waals surface area contributed by atoms with Gasteiger partial charge in [-0.1, -0.05) is 41.9 Å². The molecule has 3 rings (SSSR count). The van der Waals surface area contributed by atoms with Crippen molar-refractivity contribution < 1.29 is 26.6 Å². The van der Waals surface area contributed by atoms with E-state index in [-0.39, 0.29) is 18.8 Å². The molecule has 186 valence electrons. The number of amides is 1. The second-order valence-corrected chi connectivity index (χ2v) is 9.41. The molecule has 11 heteroatoms. The maximum atomic E-state index is 14.4. The Morgan fingerprint density at radius 3 is 2.43 bits per heavy atom. The van der Waals surface area contributed by atoms with Crippen LogP contribution in [0.4, 0.5) is 17.6 Å². The maximum Gasteiger partial charge on any atom is 0.433 e. The number of benzene rings is 2. The number of hydrogen-bond acceptors (Lipinski definition) is 3. The Balaban J connectivity index is 1.79. The van der Waals surface area contributed by atoms with Crippen LogP contribution in [0, 0.1) is 5.82 Å². The predicted octanol–water partition coefficient (Wildman–Crippen LogP) is 5.36. The summed E-state index contributed by atoms with van der Waals surface area (Å²) in [5, 5.41) is 3.02. The predicted molar refractivity (Wildman–Crippen MR) is 127 cm³/mol. The highest BCUT2D eigenvalue weighted by Crippen LogP contribution is 2.32. The van der Waals surface area contributed by atoms with Crippen LogP contribution in [0.3, 0.4) is 0 Å². The molecule has 0 fully saturated rings. The zero-order valence-electron chi connectivity index (χ0n) is 18.7. The molecule has 2 aromatic carbocycles. The van der Waals surface area contributed by atoms with Crippen molar-refractivity contribution in [1.82, 2.24) is 15.0 Å². The van der Waals surface area contributed by atoms with E-state index in [1.54, 1.807) is 31.2 Å². The molecule has 0 aliphatic heterocycles. The smallest absolute Gasteiger partial charge is 0.351 e. The van der Waals surface area contributed by atoms with E-state index in [9.17, 15) is 26.6 Å². The number of hydrogen-bond donors (Lipinski definition) is 2. The van der Waals surface area contributed by atoms with Gasteiger partial charge in [0, 0.05) is 35.5 Å². The molecule has 0 saturated carbocycles. The van der Waals surface area contributed by atoms with E-state index < -0.39 is 40.5 Å². The summed E-state index contributed by atoms with van der Waals surface area (Å²) in [5.41, 5.74) is 0.445. The molecule has 5 nitrogen and oxygen atoms in total. The van der Waals surface area contributed by atoms with Gasteiger partial charge in [0.2, 0.25) is 5.91 Å². The molecule has 0 saturated heterocycles. The molecule has 0 aliphatic carbocycles. The molecule has 0 radical (unpaired) electrons. The van der Waals surface area contributed by atoms with Gasteiger partial charge in [-0.15, -0.1) is 0 Å². The van der Waals surface area contributed by atoms with Crippen molar-refractivity contribution in [2.75, 3.05) is 6.26 Å². The van der Waals surface area contributed by atoms with E-state index >= 15 is 0 Å². The maximum absolute atomic E-state index is 14.4. The Morgan fingerprint density at radius 2 is 1.80 bits per heavy atom. The molecule has 0 aliphatic rings. The summed E-state index contributed by atoms with van der Waals surface area (Å²) >= 11 is 6.00. The van der Waals surface area contributed by atoms with Crippen LogP contribution in [0.2, 0.25) is 5.02 Å². The van der Waals surface area contributed by atoms with Crippen molar-refractivity contribution in [3.63, 3.8) is 0 Å². The molecule has 2 N–H and O–H groups in total. The number of carbonyl (C=O) groups excluding carboxylic acids is 1. The minimum atomic E-state index is -4.64. The summed E-state index contributed by atoms with van der Waals surface area (Å²) in [4.78, 5) is 16.5. The van der Waals surface area contributed by atoms with E-state index in [2.05, 4.69) is 15.0 Å². The largest absolute Gasteiger partial charge is 0.433 e. The SMILES string of the molecule is CC(C(=O)NCc1ccc(C(F)(F)F)nc1-c1cccc(Cl)c1)c1ccc(CNS(C)=O)c(F)c1. The first kappa shape index (κ1) is 26.8. The number of alkyl halides is 3. The van der Waals surface area contributed by atoms with Gasteiger partial charge in [0.25, 0.3) is 0 Å². The second kappa shape index (κ2) is 11.3. The van der Waals surface area contributed by atoms with Gasteiger partial charge in [-0.25, -0.2) is 18.3 Å². The lowest BCUT2D eigenvalue weighted by Gasteiger charge is -2.16. The average Bonchev–Trinajstić information content (AvgIpc) is 2.80. The quantitative estimate of drug-likeness (QED) is 0.387. The van der Waals surface area contributed by atoms with Crippen LogP contribution in [0.5, 0.6) is 0 Å². The van der Waals surface area contributed by atoms with Crippen LogP contribution in [0.1, 0.15) is 35.2 Å². The highest BCUT2D eigenvalue weighted by molar-refractivity contribution is 7.82. The number of nitrogens with zero attached hydrogens (tertiary/aromatic N) is 1. The molecular formula is C24H22ClF4N3O2S. The summed E-state index contributed by atoms with van der Waals surface area (Å²) < 4.78 is 67.9. The van der Waals surface area contributed by atoms with Gasteiger partial charge < -0.3 is 5.32 Å². The lowest BCUT2D eigenvalue weighted by molar-refractivity contribution is -0.141. The molecule has 35 heavy (non-hydrogen) atoms. The number of nitrogens with one attached hydrogen (secondary N) is 2. The van der Waals surface area contributed by atoms with E-state index in [0.29, 0.717) is 27.3 Å². The Hall–Kier alpha value is -2.82. The number of pyridine rings is 1. The summed E-state index contributed by atoms with van der Waals surface area (Å²) in [5.74, 6) is -1.72. The van der Waals surface area contributed by atoms with E-state index in [4.69, 9.17) is 11.6 Å². The third-order valence-corrected chi connectivity index (χ3v) is 6.04. The third kappa shape index (κ3) is 7.09. The Bertz CT molecular complexity index is 1250. The molecule has 2 atom stereocenters. The Kier molecular flexibility index (Phi) is 8.63. The van der Waals surface area contributed by atoms with Gasteiger partial charge >= 0.3 is 6.18 Å². The van der Waals surface area contributed by atoms with Crippen LogP contribution >= 0.6 is 11.6 Å². The minimum Gasteiger partial charge on any atom is -0.351 e. The summed E-state index contributed by atoms with van der Waals surface area (Å²) in [7, 11) is -1.30. The molecule has 1 amide bonds. The van der Waals surface area contributed by atoms with E-state index in [1.807, 2.05) is 0 Å². The van der Waals surface area contributed by atoms with Crippen LogP contribution in [0.15, 0.2) is 54.6 Å². The van der Waals surface area contributed by atoms with Gasteiger partial charge in [-0.05, 0) is 42.3 Å². The monoisotopic (exact) mass is 527 g/mol. The number of carbonyl (C=O) groups is 1. The van der Waals surface area contributed by atoms with Gasteiger partial charge in [0.05, 0.1) is 22.6 Å². The molecule has 1 aromatic heterocycles. The molecule has 0 bridgehead atoms. The normalized spacial score (nSPS) is 13.3. The van der Waals surface area contributed by atoms with Crippen LogP contribution in [0.25, 0.3) is 11.3 Å². The number of aromatic nitrogens is 1. The average molecular weight is 528 g/mol. The van der Waals surface area contributed by atoms with E-state index in [1.165, 1.54) is 30.5 Å². The van der Waals surface area contributed by atoms with Crippen molar-refractivity contribution in [3.05, 3.63) is 87.8 Å². The van der Waals surface area contributed by atoms with Gasteiger partial charge in [-0.2, -0.15) is 13.2 Å². The zero-order valence-corrected chi connectivity index (χ0v) is 20.3. The first-order valence-electron chi connectivity index (χ1n) is 10.4. The first-order chi connectivity index (χ1) is 16.5. The fourth-order valence-electron chi connectivity index (χ4n) is 3.32. The van der Waals surface area contributed by atoms with Gasteiger partial charge in [-0.3, -0.25) is 4.79 Å². The number of rotatable bonds is 8. The lowest BCUT2D eigenvalue weighted by Crippen LogP contribution is -2.28. The molecular weight excluding hydrogens is 506 g/mol. The van der Waals surface area contributed by atoms with Crippen LogP contribution in [-0.2, 0) is 35.0 Å². The van der Waals surface area contributed by atoms with Crippen molar-refractivity contribution >= 4 is 28.5 Å². The molecule has 2 unspecified atom stereocenters. The van der Waals surface area contributed by atoms with Crippen molar-refractivity contribution in [3.8, 4) is 11.3 Å². The highest BCUT2D eigenvalue weighted by Gasteiger charge is 2.33. The van der Waals surface area contributed by atoms with E-state index in [0.717, 1.165) is 6.07 Å². The van der Waals surface area contributed by atoms with Crippen molar-refractivity contribution in [2.45, 2.75) is 32.1 Å². The third-order valence-electron chi connectivity index (χ3n) is 5.26. The number of halogens is 5.